The van der Waals surface area contributed by atoms with Crippen LogP contribution in [-0.2, 0) is 0 Å². The summed E-state index contributed by atoms with van der Waals surface area (Å²) in [5.74, 6) is -2.16. The van der Waals surface area contributed by atoms with Crippen molar-refractivity contribution in [2.24, 2.45) is 0 Å². The molecule has 0 fully saturated rings. The summed E-state index contributed by atoms with van der Waals surface area (Å²) >= 11 is 11.4. The number of carboxylic acids is 1. The first-order chi connectivity index (χ1) is 16.6. The lowest BCUT2D eigenvalue weighted by atomic mass is 10.2. The Hall–Kier alpha value is -4.21. The maximum absolute atomic E-state index is 13.4. The van der Waals surface area contributed by atoms with Crippen LogP contribution in [0.1, 0.15) is 20.9 Å². The van der Waals surface area contributed by atoms with Gasteiger partial charge in [0.25, 0.3) is 5.91 Å². The molecule has 4 aromatic rings. The third kappa shape index (κ3) is 8.58. The van der Waals surface area contributed by atoms with Gasteiger partial charge in [-0.25, -0.2) is 9.18 Å². The van der Waals surface area contributed by atoms with Crippen LogP contribution in [0.25, 0.3) is 0 Å². The van der Waals surface area contributed by atoms with Gasteiger partial charge in [-0.3, -0.25) is 4.79 Å². The quantitative estimate of drug-likeness (QED) is 0.214. The summed E-state index contributed by atoms with van der Waals surface area (Å²) in [5.41, 5.74) is 18.4. The van der Waals surface area contributed by atoms with Crippen molar-refractivity contribution in [3.05, 3.63) is 106 Å². The Labute approximate surface area is 210 Å². The number of carboxylic acid groups (broad SMARTS) is 1. The highest BCUT2D eigenvalue weighted by Gasteiger charge is 2.11. The van der Waals surface area contributed by atoms with Gasteiger partial charge in [0.15, 0.2) is 0 Å². The molecule has 0 radical (unpaired) electrons. The third-order valence-electron chi connectivity index (χ3n) is 4.13. The van der Waals surface area contributed by atoms with Gasteiger partial charge in [0.2, 0.25) is 5.76 Å². The van der Waals surface area contributed by atoms with Crippen LogP contribution in [0, 0.1) is 5.82 Å². The number of aromatic carboxylic acids is 1. The fourth-order valence-electron chi connectivity index (χ4n) is 2.39. The number of nitrogens with one attached hydrogen (secondary N) is 1. The van der Waals surface area contributed by atoms with Crippen LogP contribution in [0.5, 0.6) is 0 Å². The molecule has 182 valence electrons. The van der Waals surface area contributed by atoms with Crippen molar-refractivity contribution in [3.8, 4) is 0 Å². The van der Waals surface area contributed by atoms with E-state index in [4.69, 9.17) is 45.5 Å². The predicted octanol–water partition coefficient (Wildman–Crippen LogP) is 5.80. The van der Waals surface area contributed by atoms with Crippen LogP contribution in [0.4, 0.5) is 27.1 Å². The van der Waals surface area contributed by atoms with E-state index < -0.39 is 17.7 Å². The SMILES string of the molecule is Nc1ccc(N)c(Cl)c1.Nc1ccc(NC(=O)c2ccccc2F)cc1Cl.O=C(O)c1ccco1. The highest BCUT2D eigenvalue weighted by Crippen LogP contribution is 2.23. The number of carbonyl (C=O) groups excluding carboxylic acids is 1. The average molecular weight is 519 g/mol. The molecule has 1 amide bonds. The topological polar surface area (TPSA) is 158 Å². The van der Waals surface area contributed by atoms with E-state index in [2.05, 4.69) is 9.73 Å². The maximum atomic E-state index is 13.4. The molecule has 0 atom stereocenters. The van der Waals surface area contributed by atoms with Gasteiger partial charge < -0.3 is 32.0 Å². The highest BCUT2D eigenvalue weighted by molar-refractivity contribution is 6.33. The Bertz CT molecular complexity index is 1300. The van der Waals surface area contributed by atoms with Crippen LogP contribution < -0.4 is 22.5 Å². The van der Waals surface area contributed by atoms with Gasteiger partial charge >= 0.3 is 5.97 Å². The summed E-state index contributed by atoms with van der Waals surface area (Å²) in [6.07, 6.45) is 1.32. The normalized spacial score (nSPS) is 9.69. The van der Waals surface area contributed by atoms with E-state index >= 15 is 0 Å². The lowest BCUT2D eigenvalue weighted by Crippen LogP contribution is -2.13. The zero-order valence-electron chi connectivity index (χ0n) is 18.0. The Kier molecular flexibility index (Phi) is 9.95. The number of nitrogens with two attached hydrogens (primary N) is 3. The van der Waals surface area contributed by atoms with Crippen LogP contribution in [-0.4, -0.2) is 17.0 Å². The number of hydrogen-bond donors (Lipinski definition) is 5. The van der Waals surface area contributed by atoms with Crippen molar-refractivity contribution in [3.63, 3.8) is 0 Å². The summed E-state index contributed by atoms with van der Waals surface area (Å²) in [4.78, 5) is 21.8. The number of benzene rings is 3. The number of hydrogen-bond acceptors (Lipinski definition) is 6. The molecule has 1 aromatic heterocycles. The fraction of sp³-hybridized carbons (Fsp3) is 0. The average Bonchev–Trinajstić information content (AvgIpc) is 3.36. The number of halogens is 3. The first-order valence-corrected chi connectivity index (χ1v) is 10.5. The Morgan fingerprint density at radius 3 is 1.97 bits per heavy atom. The molecule has 0 aliphatic carbocycles. The second-order valence-electron chi connectivity index (χ2n) is 6.73. The molecule has 0 unspecified atom stereocenters. The second kappa shape index (κ2) is 12.9. The van der Waals surface area contributed by atoms with E-state index in [-0.39, 0.29) is 11.3 Å². The molecular weight excluding hydrogens is 498 g/mol. The number of nitrogen functional groups attached to an aromatic ring is 3. The van der Waals surface area contributed by atoms with E-state index in [0.29, 0.717) is 32.8 Å². The van der Waals surface area contributed by atoms with E-state index in [0.717, 1.165) is 0 Å². The molecule has 0 aliphatic heterocycles. The minimum atomic E-state index is -1.03. The first kappa shape index (κ1) is 27.0. The van der Waals surface area contributed by atoms with E-state index in [1.54, 1.807) is 36.4 Å². The minimum absolute atomic E-state index is 0.0227. The molecule has 4 rings (SSSR count). The van der Waals surface area contributed by atoms with Crippen LogP contribution in [0.2, 0.25) is 10.0 Å². The lowest BCUT2D eigenvalue weighted by Gasteiger charge is -2.07. The number of carbonyl (C=O) groups is 2. The summed E-state index contributed by atoms with van der Waals surface area (Å²) in [5, 5.41) is 11.6. The van der Waals surface area contributed by atoms with Gasteiger partial charge in [-0.05, 0) is 60.7 Å². The van der Waals surface area contributed by atoms with Gasteiger partial charge in [-0.1, -0.05) is 35.3 Å². The third-order valence-corrected chi connectivity index (χ3v) is 4.79. The van der Waals surface area contributed by atoms with Gasteiger partial charge in [0, 0.05) is 11.4 Å². The van der Waals surface area contributed by atoms with Crippen LogP contribution >= 0.6 is 23.2 Å². The highest BCUT2D eigenvalue weighted by atomic mass is 35.5. The smallest absolute Gasteiger partial charge is 0.371 e. The number of anilines is 4. The summed E-state index contributed by atoms with van der Waals surface area (Å²) in [6.45, 7) is 0. The van der Waals surface area contributed by atoms with Gasteiger partial charge in [0.1, 0.15) is 5.82 Å². The molecule has 3 aromatic carbocycles. The van der Waals surface area contributed by atoms with E-state index in [9.17, 15) is 14.0 Å². The molecule has 8 N–H and O–H groups in total. The van der Waals surface area contributed by atoms with Gasteiger partial charge in [-0.2, -0.15) is 0 Å². The molecule has 8 nitrogen and oxygen atoms in total. The van der Waals surface area contributed by atoms with E-state index in [1.165, 1.54) is 42.7 Å². The monoisotopic (exact) mass is 518 g/mol. The molecule has 0 aliphatic rings. The van der Waals surface area contributed by atoms with Gasteiger partial charge in [-0.15, -0.1) is 0 Å². The van der Waals surface area contributed by atoms with Crippen molar-refractivity contribution >= 4 is 57.8 Å². The zero-order chi connectivity index (χ0) is 26.0. The molecular formula is C24H21Cl2FN4O4. The van der Waals surface area contributed by atoms with Crippen molar-refractivity contribution in [1.82, 2.24) is 0 Å². The van der Waals surface area contributed by atoms with Crippen molar-refractivity contribution in [2.45, 2.75) is 0 Å². The molecule has 0 saturated heterocycles. The molecule has 0 bridgehead atoms. The minimum Gasteiger partial charge on any atom is -0.475 e. The number of amides is 1. The van der Waals surface area contributed by atoms with Crippen LogP contribution in [0.3, 0.4) is 0 Å². The van der Waals surface area contributed by atoms with Gasteiger partial charge in [0.05, 0.1) is 33.2 Å². The number of furan rings is 1. The standard InChI is InChI=1S/C13H10ClFN2O.C6H7ClN2.C5H4O3/c14-10-7-8(5-6-12(10)16)17-13(18)9-3-1-2-4-11(9)15;7-5-3-4(8)1-2-6(5)9;6-5(7)4-2-1-3-8-4/h1-7H,16H2,(H,17,18);1-3H,8-9H2;1-3H,(H,6,7). The van der Waals surface area contributed by atoms with Crippen molar-refractivity contribution in [2.75, 3.05) is 22.5 Å². The Morgan fingerprint density at radius 2 is 1.49 bits per heavy atom. The molecule has 11 heteroatoms. The van der Waals surface area contributed by atoms with E-state index in [1.807, 2.05) is 0 Å². The summed E-state index contributed by atoms with van der Waals surface area (Å²) in [6, 6.07) is 18.4. The fourth-order valence-corrected chi connectivity index (χ4v) is 2.76. The molecule has 0 saturated carbocycles. The van der Waals surface area contributed by atoms with Crippen molar-refractivity contribution < 1.29 is 23.5 Å². The summed E-state index contributed by atoms with van der Waals surface area (Å²) < 4.78 is 17.9. The Morgan fingerprint density at radius 1 is 0.857 bits per heavy atom. The largest absolute Gasteiger partial charge is 0.475 e. The first-order valence-electron chi connectivity index (χ1n) is 9.76. The zero-order valence-corrected chi connectivity index (χ0v) is 19.6. The molecule has 1 heterocycles. The van der Waals surface area contributed by atoms with Crippen LogP contribution in [0.15, 0.2) is 83.5 Å². The number of rotatable bonds is 3. The summed E-state index contributed by atoms with van der Waals surface area (Å²) in [7, 11) is 0. The molecule has 0 spiro atoms. The predicted molar refractivity (Wildman–Crippen MR) is 136 cm³/mol. The van der Waals surface area contributed by atoms with Crippen molar-refractivity contribution in [1.29, 1.82) is 0 Å². The molecule has 35 heavy (non-hydrogen) atoms. The lowest BCUT2D eigenvalue weighted by molar-refractivity contribution is 0.0662. The Balaban J connectivity index is 0.000000211. The maximum Gasteiger partial charge on any atom is 0.371 e. The second-order valence-corrected chi connectivity index (χ2v) is 7.55.